The van der Waals surface area contributed by atoms with Crippen molar-refractivity contribution in [1.82, 2.24) is 30.6 Å². The zero-order valence-corrected chi connectivity index (χ0v) is 51.5. The number of hydrogen-bond acceptors (Lipinski definition) is 14. The van der Waals surface area contributed by atoms with Crippen LogP contribution in [0.5, 0.6) is 0 Å². The second kappa shape index (κ2) is 30.3. The number of benzene rings is 2. The number of hydrogen-bond donors (Lipinski definition) is 4. The number of anilines is 4. The summed E-state index contributed by atoms with van der Waals surface area (Å²) in [6, 6.07) is 21.0. The first kappa shape index (κ1) is 69.1. The molecule has 0 aliphatic carbocycles. The maximum absolute atomic E-state index is 13.1. The fourth-order valence-electron chi connectivity index (χ4n) is 8.39. The maximum atomic E-state index is 13.1. The van der Waals surface area contributed by atoms with Crippen LogP contribution in [0.3, 0.4) is 0 Å². The van der Waals surface area contributed by atoms with Gasteiger partial charge < -0.3 is 50.0 Å². The highest BCUT2D eigenvalue weighted by atomic mass is 35.5. The van der Waals surface area contributed by atoms with Crippen molar-refractivity contribution < 1.29 is 64.5 Å². The van der Waals surface area contributed by atoms with E-state index < -0.39 is 65.0 Å². The Balaban J connectivity index is 0.000000246. The van der Waals surface area contributed by atoms with Crippen LogP contribution in [0.15, 0.2) is 97.3 Å². The topological polar surface area (TPSA) is 211 Å². The molecule has 4 amide bonds. The van der Waals surface area contributed by atoms with Crippen LogP contribution in [0.1, 0.15) is 104 Å². The first-order valence-electron chi connectivity index (χ1n) is 28.0. The molecule has 0 spiro atoms. The molecule has 6 heterocycles. The molecule has 0 saturated carbocycles. The summed E-state index contributed by atoms with van der Waals surface area (Å²) in [7, 11) is 0. The zero-order chi connectivity index (χ0) is 65.4. The molecule has 25 heteroatoms. The summed E-state index contributed by atoms with van der Waals surface area (Å²) in [4.78, 5) is 68.5. The summed E-state index contributed by atoms with van der Waals surface area (Å²) in [5.41, 5.74) is 2.61. The van der Waals surface area contributed by atoms with Gasteiger partial charge in [-0.25, -0.2) is 19.6 Å². The lowest BCUT2D eigenvalue weighted by molar-refractivity contribution is -0.142. The zero-order valence-electron chi connectivity index (χ0n) is 50.7. The molecule has 0 radical (unpaired) electrons. The second-order valence-corrected chi connectivity index (χ2v) is 22.7. The Hall–Kier alpha value is -8.97. The third kappa shape index (κ3) is 22.0. The molecule has 2 aliphatic heterocycles. The quantitative estimate of drug-likeness (QED) is 0.0571. The number of nitrogens with zero attached hydrogens (tertiary/aromatic N) is 6. The van der Waals surface area contributed by atoms with Crippen molar-refractivity contribution in [2.75, 3.05) is 73.0 Å². The van der Waals surface area contributed by atoms with Crippen LogP contribution in [0.2, 0.25) is 5.15 Å². The highest BCUT2D eigenvalue weighted by Crippen LogP contribution is 2.34. The van der Waals surface area contributed by atoms with Crippen LogP contribution in [0.25, 0.3) is 22.3 Å². The van der Waals surface area contributed by atoms with Gasteiger partial charge in [0.05, 0.1) is 38.5 Å². The van der Waals surface area contributed by atoms with Crippen molar-refractivity contribution in [2.24, 2.45) is 0 Å². The van der Waals surface area contributed by atoms with E-state index in [0.29, 0.717) is 86.7 Å². The van der Waals surface area contributed by atoms with Crippen molar-refractivity contribution in [3.05, 3.63) is 142 Å². The number of aryl methyl sites for hydroxylation is 2. The van der Waals surface area contributed by atoms with E-state index >= 15 is 0 Å². The molecule has 89 heavy (non-hydrogen) atoms. The predicted octanol–water partition coefficient (Wildman–Crippen LogP) is 12.6. The number of carbonyl (C=O) groups excluding carboxylic acids is 4. The van der Waals surface area contributed by atoms with E-state index in [4.69, 9.17) is 42.0 Å². The molecule has 472 valence electrons. The van der Waals surface area contributed by atoms with Gasteiger partial charge >= 0.3 is 24.5 Å². The smallest absolute Gasteiger partial charge is 0.433 e. The maximum Gasteiger partial charge on any atom is 0.433 e. The minimum Gasteiger partial charge on any atom is -0.444 e. The average molecular weight is 1260 g/mol. The normalized spacial score (nSPS) is 14.1. The standard InChI is InChI=1S/C32H34F3N5O4.C23H20ClF3N4O2.C9H15NO2/c1-20-6-8-25(39-29(41)22-10-11-36-27(17-22)32(33,34)35)19-26(20)23-16-24(38-28(18-23)40-12-14-43-15-13-40)9-7-21(2)37-30(42)44-31(3,4)5;1-14-2-3-17(29-22(32)15-4-5-28-19(10-15)23(25,26)27)13-18(14)16-11-20(24)30-21(12-16)31-6-8-33-9-7-31;1-6-7(2)10-8(11)12-9(3,4)5/h6,8,10-11,16-19,21H,12-15H2,1-5H3,(H,37,42)(H,39,41);2-5,10-13H,6-9H2,1H3,(H,29,32);1,7H,2-5H3,(H,10,11)/t21-;;7-/m0.0/s1. The molecule has 0 unspecified atom stereocenters. The van der Waals surface area contributed by atoms with E-state index in [9.17, 15) is 45.5 Å². The fraction of sp³-hybridized carbons (Fsp3) is 0.375. The van der Waals surface area contributed by atoms with Gasteiger partial charge in [0.1, 0.15) is 45.1 Å². The summed E-state index contributed by atoms with van der Waals surface area (Å²) >= 11 is 6.29. The summed E-state index contributed by atoms with van der Waals surface area (Å²) in [6.45, 7) is 23.0. The number of alkyl carbamates (subject to hydrolysis) is 2. The van der Waals surface area contributed by atoms with Gasteiger partial charge in [0.15, 0.2) is 0 Å². The second-order valence-electron chi connectivity index (χ2n) is 22.3. The first-order valence-corrected chi connectivity index (χ1v) is 28.3. The number of ether oxygens (including phenoxy) is 4. The van der Waals surface area contributed by atoms with Gasteiger partial charge in [-0.2, -0.15) is 26.3 Å². The van der Waals surface area contributed by atoms with Gasteiger partial charge in [-0.05, 0) is 181 Å². The lowest BCUT2D eigenvalue weighted by Crippen LogP contribution is -2.37. The minimum atomic E-state index is -4.67. The molecule has 18 nitrogen and oxygen atoms in total. The number of nitrogens with one attached hydrogen (secondary N) is 4. The Labute approximate surface area is 517 Å². The van der Waals surface area contributed by atoms with Crippen molar-refractivity contribution in [2.45, 2.75) is 105 Å². The van der Waals surface area contributed by atoms with E-state index in [0.717, 1.165) is 57.7 Å². The van der Waals surface area contributed by atoms with Gasteiger partial charge in [0.25, 0.3) is 11.8 Å². The monoisotopic (exact) mass is 1250 g/mol. The Bertz CT molecular complexity index is 3600. The van der Waals surface area contributed by atoms with Crippen LogP contribution in [0, 0.1) is 38.0 Å². The molecule has 8 rings (SSSR count). The van der Waals surface area contributed by atoms with Crippen molar-refractivity contribution in [1.29, 1.82) is 0 Å². The molecule has 2 fully saturated rings. The number of halogens is 7. The summed E-state index contributed by atoms with van der Waals surface area (Å²) in [6.07, 6.45) is -3.38. The molecule has 2 aromatic carbocycles. The molecule has 2 saturated heterocycles. The van der Waals surface area contributed by atoms with Crippen LogP contribution < -0.4 is 31.1 Å². The lowest BCUT2D eigenvalue weighted by Gasteiger charge is -2.28. The summed E-state index contributed by atoms with van der Waals surface area (Å²) < 4.78 is 99.3. The number of morpholine rings is 2. The number of aromatic nitrogens is 4. The first-order chi connectivity index (χ1) is 41.7. The predicted molar refractivity (Wildman–Crippen MR) is 328 cm³/mol. The number of carbonyl (C=O) groups is 4. The van der Waals surface area contributed by atoms with E-state index in [1.807, 2.05) is 44.2 Å². The number of amides is 4. The molecule has 2 aliphatic rings. The van der Waals surface area contributed by atoms with E-state index in [1.54, 1.807) is 85.7 Å². The van der Waals surface area contributed by atoms with E-state index in [-0.39, 0.29) is 17.2 Å². The number of terminal acetylenes is 1. The molecule has 4 aromatic heterocycles. The average Bonchev–Trinajstić information content (AvgIpc) is 2.68. The van der Waals surface area contributed by atoms with Crippen molar-refractivity contribution in [3.8, 4) is 46.4 Å². The van der Waals surface area contributed by atoms with Crippen molar-refractivity contribution >= 4 is 58.6 Å². The largest absolute Gasteiger partial charge is 0.444 e. The molecule has 6 aromatic rings. The number of alkyl halides is 6. The summed E-state index contributed by atoms with van der Waals surface area (Å²) in [5.74, 6) is 8.47. The Kier molecular flexibility index (Phi) is 23.5. The van der Waals surface area contributed by atoms with Crippen LogP contribution in [-0.2, 0) is 31.3 Å². The minimum absolute atomic E-state index is 0.138. The van der Waals surface area contributed by atoms with Crippen LogP contribution in [0.4, 0.5) is 58.9 Å². The third-order valence-corrected chi connectivity index (χ3v) is 12.8. The van der Waals surface area contributed by atoms with E-state index in [1.165, 1.54) is 12.1 Å². The Morgan fingerprint density at radius 1 is 0.596 bits per heavy atom. The summed E-state index contributed by atoms with van der Waals surface area (Å²) in [5, 5.41) is 10.9. The lowest BCUT2D eigenvalue weighted by atomic mass is 9.99. The number of pyridine rings is 4. The van der Waals surface area contributed by atoms with Crippen LogP contribution in [-0.4, -0.2) is 120 Å². The molecule has 2 atom stereocenters. The Morgan fingerprint density at radius 3 is 1.43 bits per heavy atom. The molecule has 4 N–H and O–H groups in total. The van der Waals surface area contributed by atoms with Gasteiger partial charge in [-0.1, -0.05) is 35.6 Å². The Morgan fingerprint density at radius 2 is 1.01 bits per heavy atom. The van der Waals surface area contributed by atoms with Crippen molar-refractivity contribution in [3.63, 3.8) is 0 Å². The van der Waals surface area contributed by atoms with Crippen LogP contribution >= 0.6 is 11.6 Å². The highest BCUT2D eigenvalue weighted by Gasteiger charge is 2.34. The van der Waals surface area contributed by atoms with Gasteiger partial charge in [0.2, 0.25) is 0 Å². The van der Waals surface area contributed by atoms with Gasteiger partial charge in [-0.15, -0.1) is 6.42 Å². The molecule has 0 bridgehead atoms. The third-order valence-electron chi connectivity index (χ3n) is 12.6. The molecular weight excluding hydrogens is 1190 g/mol. The molecular formula is C64H69ClF6N10O8. The van der Waals surface area contributed by atoms with E-state index in [2.05, 4.69) is 63.8 Å². The number of rotatable bonds is 10. The highest BCUT2D eigenvalue weighted by molar-refractivity contribution is 6.29. The van der Waals surface area contributed by atoms with Gasteiger partial charge in [-0.3, -0.25) is 19.6 Å². The van der Waals surface area contributed by atoms with Gasteiger partial charge in [0, 0.05) is 61.1 Å². The fourth-order valence-corrected chi connectivity index (χ4v) is 8.60. The SMILES string of the molecule is C#C[C@H](C)NC(=O)OC(C)(C)C.Cc1ccc(NC(=O)c2ccnc(C(F)(F)F)c2)cc1-c1cc(C#C[C@H](C)NC(=O)OC(C)(C)C)nc(N2CCOCC2)c1.Cc1ccc(NC(=O)c2ccnc(C(F)(F)F)c2)cc1-c1cc(Cl)nc(N2CCOCC2)c1.